The molecule has 0 radical (unpaired) electrons. The second kappa shape index (κ2) is 9.15. The second-order valence-electron chi connectivity index (χ2n) is 7.47. The van der Waals surface area contributed by atoms with Crippen molar-refractivity contribution in [3.8, 4) is 11.5 Å². The van der Waals surface area contributed by atoms with Crippen LogP contribution < -0.4 is 25.0 Å². The minimum Gasteiger partial charge on any atom is -0.454 e. The van der Waals surface area contributed by atoms with Crippen molar-refractivity contribution >= 4 is 17.5 Å². The zero-order valence-electron chi connectivity index (χ0n) is 16.9. The van der Waals surface area contributed by atoms with Gasteiger partial charge in [0, 0.05) is 11.3 Å². The first kappa shape index (κ1) is 20.2. The van der Waals surface area contributed by atoms with E-state index in [4.69, 9.17) is 14.2 Å². The number of aryl methyl sites for hydroxylation is 1. The quantitative estimate of drug-likeness (QED) is 0.620. The lowest BCUT2D eigenvalue weighted by molar-refractivity contribution is -0.937. The Labute approximate surface area is 175 Å². The fourth-order valence-electron chi connectivity index (χ4n) is 3.71. The molecule has 8 nitrogen and oxygen atoms in total. The Hall–Kier alpha value is -3.10. The van der Waals surface area contributed by atoms with Gasteiger partial charge in [0.1, 0.15) is 19.1 Å². The van der Waals surface area contributed by atoms with Crippen molar-refractivity contribution in [2.45, 2.75) is 13.0 Å². The van der Waals surface area contributed by atoms with Crippen LogP contribution in [0.3, 0.4) is 0 Å². The average molecular weight is 412 g/mol. The topological polar surface area (TPSA) is 90.3 Å². The predicted molar refractivity (Wildman–Crippen MR) is 110 cm³/mol. The average Bonchev–Trinajstić information content (AvgIpc) is 3.24. The summed E-state index contributed by atoms with van der Waals surface area (Å²) in [7, 11) is 0. The largest absolute Gasteiger partial charge is 0.454 e. The molecule has 0 spiro atoms. The maximum Gasteiger partial charge on any atom is 0.313 e. The highest BCUT2D eigenvalue weighted by atomic mass is 16.7. The van der Waals surface area contributed by atoms with Crippen molar-refractivity contribution in [3.63, 3.8) is 0 Å². The molecule has 158 valence electrons. The Morgan fingerprint density at radius 2 is 1.73 bits per heavy atom. The van der Waals surface area contributed by atoms with Gasteiger partial charge in [-0.25, -0.2) is 0 Å². The zero-order chi connectivity index (χ0) is 20.9. The van der Waals surface area contributed by atoms with Gasteiger partial charge < -0.3 is 29.7 Å². The van der Waals surface area contributed by atoms with E-state index in [9.17, 15) is 9.59 Å². The standard InChI is InChI=1S/C22H25N3O5/c1-15-2-5-17(6-3-15)24-22(27)21(26)23-13-18(25-8-10-28-11-9-25)16-4-7-19-20(12-16)30-14-29-19/h2-7,12,18H,8-11,13-14H2,1H3,(H,23,26)(H,24,27)/p+1/t18-/m0/s1. The first-order valence-corrected chi connectivity index (χ1v) is 10.1. The number of ether oxygens (including phenoxy) is 3. The molecular weight excluding hydrogens is 386 g/mol. The third-order valence-electron chi connectivity index (χ3n) is 5.41. The monoisotopic (exact) mass is 412 g/mol. The first-order chi connectivity index (χ1) is 14.6. The van der Waals surface area contributed by atoms with Gasteiger partial charge in [-0.1, -0.05) is 17.7 Å². The van der Waals surface area contributed by atoms with Crippen LogP contribution in [0.5, 0.6) is 11.5 Å². The molecule has 3 N–H and O–H groups in total. The molecule has 2 aliphatic heterocycles. The molecule has 1 atom stereocenters. The van der Waals surface area contributed by atoms with Gasteiger partial charge >= 0.3 is 11.8 Å². The molecule has 4 rings (SSSR count). The number of anilines is 1. The van der Waals surface area contributed by atoms with Crippen LogP contribution in [0.1, 0.15) is 17.2 Å². The third-order valence-corrected chi connectivity index (χ3v) is 5.41. The number of fused-ring (bicyclic) bond motifs is 1. The van der Waals surface area contributed by atoms with E-state index in [1.807, 2.05) is 37.3 Å². The van der Waals surface area contributed by atoms with E-state index in [1.165, 1.54) is 4.90 Å². The Balaban J connectivity index is 1.43. The summed E-state index contributed by atoms with van der Waals surface area (Å²) in [6, 6.07) is 13.1. The summed E-state index contributed by atoms with van der Waals surface area (Å²) in [5.74, 6) is 0.0823. The molecule has 1 fully saturated rings. The number of carbonyl (C=O) groups is 2. The summed E-state index contributed by atoms with van der Waals surface area (Å²) in [5, 5.41) is 5.42. The molecule has 0 aliphatic carbocycles. The summed E-state index contributed by atoms with van der Waals surface area (Å²) < 4.78 is 16.4. The molecule has 2 aromatic carbocycles. The molecule has 2 aliphatic rings. The molecule has 2 amide bonds. The van der Waals surface area contributed by atoms with Crippen molar-refractivity contribution in [2.24, 2.45) is 0 Å². The van der Waals surface area contributed by atoms with Crippen LogP contribution in [0.25, 0.3) is 0 Å². The van der Waals surface area contributed by atoms with Crippen molar-refractivity contribution in [1.29, 1.82) is 0 Å². The molecule has 2 aromatic rings. The van der Waals surface area contributed by atoms with Crippen molar-refractivity contribution < 1.29 is 28.7 Å². The van der Waals surface area contributed by atoms with Gasteiger partial charge in [-0.05, 0) is 37.3 Å². The van der Waals surface area contributed by atoms with E-state index in [-0.39, 0.29) is 12.8 Å². The van der Waals surface area contributed by atoms with Gasteiger partial charge in [0.2, 0.25) is 6.79 Å². The molecule has 8 heteroatoms. The van der Waals surface area contributed by atoms with Crippen LogP contribution in [-0.2, 0) is 14.3 Å². The maximum absolute atomic E-state index is 12.4. The molecule has 0 bridgehead atoms. The van der Waals surface area contributed by atoms with E-state index >= 15 is 0 Å². The zero-order valence-corrected chi connectivity index (χ0v) is 16.9. The minimum atomic E-state index is -0.680. The molecule has 0 aromatic heterocycles. The minimum absolute atomic E-state index is 0.0282. The summed E-state index contributed by atoms with van der Waals surface area (Å²) >= 11 is 0. The smallest absolute Gasteiger partial charge is 0.313 e. The van der Waals surface area contributed by atoms with E-state index in [2.05, 4.69) is 10.6 Å². The lowest BCUT2D eigenvalue weighted by Gasteiger charge is -2.32. The number of hydrogen-bond acceptors (Lipinski definition) is 5. The SMILES string of the molecule is Cc1ccc(NC(=O)C(=O)NC[C@@H](c2ccc3c(c2)OCO3)[NH+]2CCOCC2)cc1. The van der Waals surface area contributed by atoms with E-state index in [1.54, 1.807) is 12.1 Å². The fourth-order valence-corrected chi connectivity index (χ4v) is 3.71. The Bertz CT molecular complexity index is 909. The van der Waals surface area contributed by atoms with Crippen LogP contribution in [0.2, 0.25) is 0 Å². The normalized spacial score (nSPS) is 16.7. The number of morpholine rings is 1. The summed E-state index contributed by atoms with van der Waals surface area (Å²) in [6.07, 6.45) is 0. The van der Waals surface area contributed by atoms with Gasteiger partial charge in [0.05, 0.1) is 19.8 Å². The van der Waals surface area contributed by atoms with E-state index in [0.29, 0.717) is 31.2 Å². The molecule has 0 unspecified atom stereocenters. The maximum atomic E-state index is 12.4. The molecule has 1 saturated heterocycles. The number of nitrogens with one attached hydrogen (secondary N) is 3. The lowest BCUT2D eigenvalue weighted by Crippen LogP contribution is -3.15. The van der Waals surface area contributed by atoms with Gasteiger partial charge in [-0.15, -0.1) is 0 Å². The number of quaternary nitrogens is 1. The van der Waals surface area contributed by atoms with Crippen molar-refractivity contribution in [1.82, 2.24) is 5.32 Å². The highest BCUT2D eigenvalue weighted by molar-refractivity contribution is 6.39. The van der Waals surface area contributed by atoms with E-state index < -0.39 is 11.8 Å². The third kappa shape index (κ3) is 4.72. The molecule has 2 heterocycles. The van der Waals surface area contributed by atoms with Crippen LogP contribution in [0.4, 0.5) is 5.69 Å². The summed E-state index contributed by atoms with van der Waals surface area (Å²) in [4.78, 5) is 26.0. The van der Waals surface area contributed by atoms with Gasteiger partial charge in [-0.2, -0.15) is 0 Å². The Morgan fingerprint density at radius 3 is 2.50 bits per heavy atom. The van der Waals surface area contributed by atoms with Gasteiger partial charge in [0.25, 0.3) is 0 Å². The number of benzene rings is 2. The number of amides is 2. The number of rotatable bonds is 5. The van der Waals surface area contributed by atoms with Crippen molar-refractivity contribution in [2.75, 3.05) is 45.0 Å². The van der Waals surface area contributed by atoms with E-state index in [0.717, 1.165) is 30.0 Å². The predicted octanol–water partition coefficient (Wildman–Crippen LogP) is 0.435. The summed E-state index contributed by atoms with van der Waals surface area (Å²) in [6.45, 7) is 5.48. The first-order valence-electron chi connectivity index (χ1n) is 10.1. The van der Waals surface area contributed by atoms with Gasteiger partial charge in [0.15, 0.2) is 11.5 Å². The highest BCUT2D eigenvalue weighted by Crippen LogP contribution is 2.33. The highest BCUT2D eigenvalue weighted by Gasteiger charge is 2.29. The van der Waals surface area contributed by atoms with Gasteiger partial charge in [-0.3, -0.25) is 9.59 Å². The van der Waals surface area contributed by atoms with Crippen LogP contribution in [0, 0.1) is 6.92 Å². The number of hydrogen-bond donors (Lipinski definition) is 3. The Kier molecular flexibility index (Phi) is 6.15. The molecule has 0 saturated carbocycles. The second-order valence-corrected chi connectivity index (χ2v) is 7.47. The van der Waals surface area contributed by atoms with Crippen LogP contribution >= 0.6 is 0 Å². The molecule has 30 heavy (non-hydrogen) atoms. The fraction of sp³-hybridized carbons (Fsp3) is 0.364. The van der Waals surface area contributed by atoms with Crippen molar-refractivity contribution in [3.05, 3.63) is 53.6 Å². The summed E-state index contributed by atoms with van der Waals surface area (Å²) in [5.41, 5.74) is 2.69. The van der Waals surface area contributed by atoms with Crippen LogP contribution in [-0.4, -0.2) is 51.5 Å². The number of carbonyl (C=O) groups excluding carboxylic acids is 2. The van der Waals surface area contributed by atoms with Crippen LogP contribution in [0.15, 0.2) is 42.5 Å². The lowest BCUT2D eigenvalue weighted by atomic mass is 10.0. The molecular formula is C22H26N3O5+. The Morgan fingerprint density at radius 1 is 1.00 bits per heavy atom.